The van der Waals surface area contributed by atoms with Gasteiger partial charge in [0.2, 0.25) is 0 Å². The van der Waals surface area contributed by atoms with Crippen LogP contribution >= 0.6 is 0 Å². The van der Waals surface area contributed by atoms with Crippen molar-refractivity contribution in [3.8, 4) is 5.75 Å². The monoisotopic (exact) mass is 442 g/mol. The fourth-order valence-electron chi connectivity index (χ4n) is 5.73. The van der Waals surface area contributed by atoms with E-state index in [9.17, 15) is 4.39 Å². The predicted molar refractivity (Wildman–Crippen MR) is 135 cm³/mol. The molecular weight excluding hydrogens is 395 g/mol. The fraction of sp³-hybridized carbons (Fsp3) is 0.733. The first kappa shape index (κ1) is 25.3. The van der Waals surface area contributed by atoms with Gasteiger partial charge in [-0.3, -0.25) is 0 Å². The first-order chi connectivity index (χ1) is 15.7. The summed E-state index contributed by atoms with van der Waals surface area (Å²) in [7, 11) is 0. The molecule has 0 saturated heterocycles. The number of rotatable bonds is 13. The zero-order chi connectivity index (χ0) is 22.6. The molecule has 0 heterocycles. The molecule has 32 heavy (non-hydrogen) atoms. The number of benzene rings is 1. The van der Waals surface area contributed by atoms with E-state index in [1.807, 2.05) is 13.0 Å². The second-order valence-corrected chi connectivity index (χ2v) is 10.6. The van der Waals surface area contributed by atoms with Crippen LogP contribution in [-0.4, -0.2) is 6.61 Å². The van der Waals surface area contributed by atoms with Gasteiger partial charge in [0, 0.05) is 0 Å². The van der Waals surface area contributed by atoms with Crippen LogP contribution in [0.15, 0.2) is 29.8 Å². The standard InChI is InChI=1S/C30H47FO/c1-3-5-6-7-24-8-10-25(11-9-24)12-13-26-14-16-27(17-15-26)18-19-28-20-21-30(29(31)23-28)32-22-4-2/h16,20-21,23-26H,3-15,17-19,22H2,1-2H3. The minimum absolute atomic E-state index is 0.219. The lowest BCUT2D eigenvalue weighted by atomic mass is 9.76. The molecule has 1 saturated carbocycles. The van der Waals surface area contributed by atoms with Crippen LogP contribution in [0, 0.1) is 23.6 Å². The lowest BCUT2D eigenvalue weighted by Gasteiger charge is -2.30. The molecular formula is C30H47FO. The van der Waals surface area contributed by atoms with Crippen molar-refractivity contribution < 1.29 is 9.13 Å². The van der Waals surface area contributed by atoms with E-state index in [-0.39, 0.29) is 5.82 Å². The molecule has 3 rings (SSSR count). The minimum Gasteiger partial charge on any atom is -0.491 e. The summed E-state index contributed by atoms with van der Waals surface area (Å²) in [5.41, 5.74) is 2.67. The lowest BCUT2D eigenvalue weighted by Crippen LogP contribution is -2.16. The number of hydrogen-bond donors (Lipinski definition) is 0. The Hall–Kier alpha value is -1.31. The van der Waals surface area contributed by atoms with E-state index in [0.29, 0.717) is 12.4 Å². The highest BCUT2D eigenvalue weighted by atomic mass is 19.1. The Morgan fingerprint density at radius 3 is 2.25 bits per heavy atom. The number of halogens is 1. The number of allylic oxidation sites excluding steroid dienone is 2. The van der Waals surface area contributed by atoms with Gasteiger partial charge in [0.1, 0.15) is 0 Å². The molecule has 180 valence electrons. The van der Waals surface area contributed by atoms with Crippen LogP contribution in [-0.2, 0) is 6.42 Å². The molecule has 1 unspecified atom stereocenters. The predicted octanol–water partition coefficient (Wildman–Crippen LogP) is 9.44. The largest absolute Gasteiger partial charge is 0.491 e. The zero-order valence-corrected chi connectivity index (χ0v) is 20.8. The summed E-state index contributed by atoms with van der Waals surface area (Å²) >= 11 is 0. The molecule has 0 aliphatic heterocycles. The van der Waals surface area contributed by atoms with Gasteiger partial charge in [0.25, 0.3) is 0 Å². The van der Waals surface area contributed by atoms with Crippen LogP contribution in [0.5, 0.6) is 5.75 Å². The number of aryl methyl sites for hydroxylation is 1. The summed E-state index contributed by atoms with van der Waals surface area (Å²) in [4.78, 5) is 0. The van der Waals surface area contributed by atoms with Crippen molar-refractivity contribution in [1.82, 2.24) is 0 Å². The quantitative estimate of drug-likeness (QED) is 0.218. The van der Waals surface area contributed by atoms with Crippen molar-refractivity contribution in [1.29, 1.82) is 0 Å². The van der Waals surface area contributed by atoms with Gasteiger partial charge in [-0.1, -0.05) is 89.4 Å². The molecule has 1 aromatic rings. The highest BCUT2D eigenvalue weighted by molar-refractivity contribution is 5.30. The van der Waals surface area contributed by atoms with E-state index >= 15 is 0 Å². The molecule has 1 atom stereocenters. The van der Waals surface area contributed by atoms with Gasteiger partial charge in [-0.2, -0.15) is 0 Å². The molecule has 0 radical (unpaired) electrons. The third-order valence-corrected chi connectivity index (χ3v) is 7.97. The summed E-state index contributed by atoms with van der Waals surface area (Å²) in [6.07, 6.45) is 23.9. The normalized spacial score (nSPS) is 23.7. The molecule has 0 aromatic heterocycles. The van der Waals surface area contributed by atoms with Gasteiger partial charge in [-0.25, -0.2) is 4.39 Å². The van der Waals surface area contributed by atoms with Crippen molar-refractivity contribution in [2.45, 2.75) is 117 Å². The highest BCUT2D eigenvalue weighted by Gasteiger charge is 2.22. The lowest BCUT2D eigenvalue weighted by molar-refractivity contribution is 0.234. The summed E-state index contributed by atoms with van der Waals surface area (Å²) in [6.45, 7) is 4.92. The van der Waals surface area contributed by atoms with Gasteiger partial charge in [-0.05, 0) is 80.4 Å². The Morgan fingerprint density at radius 1 is 0.844 bits per heavy atom. The highest BCUT2D eigenvalue weighted by Crippen LogP contribution is 2.37. The molecule has 0 bridgehead atoms. The Morgan fingerprint density at radius 2 is 1.59 bits per heavy atom. The van der Waals surface area contributed by atoms with Crippen molar-refractivity contribution in [3.05, 3.63) is 41.2 Å². The Kier molecular flexibility index (Phi) is 11.1. The van der Waals surface area contributed by atoms with Gasteiger partial charge >= 0.3 is 0 Å². The van der Waals surface area contributed by atoms with Crippen LogP contribution in [0.1, 0.15) is 116 Å². The molecule has 0 amide bonds. The van der Waals surface area contributed by atoms with Crippen molar-refractivity contribution in [2.75, 3.05) is 6.61 Å². The second kappa shape index (κ2) is 14.1. The number of ether oxygens (including phenoxy) is 1. The topological polar surface area (TPSA) is 9.23 Å². The van der Waals surface area contributed by atoms with Crippen LogP contribution in [0.2, 0.25) is 0 Å². The molecule has 0 N–H and O–H groups in total. The van der Waals surface area contributed by atoms with Crippen molar-refractivity contribution >= 4 is 0 Å². The smallest absolute Gasteiger partial charge is 0.165 e. The zero-order valence-electron chi connectivity index (χ0n) is 20.8. The number of unbranched alkanes of at least 4 members (excludes halogenated alkanes) is 2. The summed E-state index contributed by atoms with van der Waals surface area (Å²) in [5, 5.41) is 0. The van der Waals surface area contributed by atoms with Crippen LogP contribution in [0.4, 0.5) is 4.39 Å². The van der Waals surface area contributed by atoms with Gasteiger partial charge in [-0.15, -0.1) is 0 Å². The van der Waals surface area contributed by atoms with Gasteiger partial charge in [0.05, 0.1) is 6.61 Å². The first-order valence-corrected chi connectivity index (χ1v) is 13.8. The maximum atomic E-state index is 14.2. The molecule has 1 aromatic carbocycles. The van der Waals surface area contributed by atoms with E-state index < -0.39 is 0 Å². The maximum Gasteiger partial charge on any atom is 0.165 e. The van der Waals surface area contributed by atoms with E-state index in [2.05, 4.69) is 13.0 Å². The molecule has 1 fully saturated rings. The van der Waals surface area contributed by atoms with Crippen molar-refractivity contribution in [3.63, 3.8) is 0 Å². The average molecular weight is 443 g/mol. The molecule has 2 heteroatoms. The molecule has 2 aliphatic rings. The van der Waals surface area contributed by atoms with E-state index in [0.717, 1.165) is 42.6 Å². The van der Waals surface area contributed by atoms with Crippen LogP contribution in [0.25, 0.3) is 0 Å². The first-order valence-electron chi connectivity index (χ1n) is 13.8. The fourth-order valence-corrected chi connectivity index (χ4v) is 5.73. The van der Waals surface area contributed by atoms with Crippen LogP contribution in [0.3, 0.4) is 0 Å². The maximum absolute atomic E-state index is 14.2. The Balaban J connectivity index is 1.31. The molecule has 0 spiro atoms. The molecule has 2 aliphatic carbocycles. The SMILES string of the molecule is CCCCCC1CCC(CCC2CC=C(CCc3ccc(OCCC)c(F)c3)CC2)CC1. The summed E-state index contributed by atoms with van der Waals surface area (Å²) in [6, 6.07) is 5.48. The third kappa shape index (κ3) is 8.56. The summed E-state index contributed by atoms with van der Waals surface area (Å²) < 4.78 is 19.6. The summed E-state index contributed by atoms with van der Waals surface area (Å²) in [5.74, 6) is 3.10. The van der Waals surface area contributed by atoms with Gasteiger partial charge in [0.15, 0.2) is 11.6 Å². The Labute approximate surface area is 197 Å². The minimum atomic E-state index is -0.219. The van der Waals surface area contributed by atoms with Crippen LogP contribution < -0.4 is 4.74 Å². The van der Waals surface area contributed by atoms with E-state index in [4.69, 9.17) is 4.74 Å². The van der Waals surface area contributed by atoms with E-state index in [1.54, 1.807) is 17.7 Å². The van der Waals surface area contributed by atoms with E-state index in [1.165, 1.54) is 83.5 Å². The average Bonchev–Trinajstić information content (AvgIpc) is 2.82. The van der Waals surface area contributed by atoms with Gasteiger partial charge < -0.3 is 4.74 Å². The van der Waals surface area contributed by atoms with Crippen molar-refractivity contribution in [2.24, 2.45) is 17.8 Å². The Bertz CT molecular complexity index is 686. The number of hydrogen-bond acceptors (Lipinski definition) is 1. The second-order valence-electron chi connectivity index (χ2n) is 10.6. The third-order valence-electron chi connectivity index (χ3n) is 7.97. The molecule has 1 nitrogen and oxygen atoms in total.